The average molecular weight is 188 g/mol. The Morgan fingerprint density at radius 2 is 2.07 bits per heavy atom. The molecule has 2 rings (SSSR count). The zero-order valence-corrected chi connectivity index (χ0v) is 8.48. The maximum Gasteiger partial charge on any atom is 0.0519 e. The fourth-order valence-electron chi connectivity index (χ4n) is 2.03. The maximum absolute atomic E-state index is 9.24. The topological polar surface area (TPSA) is 20.2 Å². The van der Waals surface area contributed by atoms with Crippen LogP contribution in [0.2, 0.25) is 0 Å². The number of benzene rings is 1. The molecule has 0 unspecified atom stereocenters. The van der Waals surface area contributed by atoms with Crippen LogP contribution < -0.4 is 0 Å². The van der Waals surface area contributed by atoms with Crippen LogP contribution in [0.15, 0.2) is 42.5 Å². The Morgan fingerprint density at radius 3 is 2.64 bits per heavy atom. The third kappa shape index (κ3) is 1.73. The molecule has 1 nitrogen and oxygen atoms in total. The second-order valence-corrected chi connectivity index (χ2v) is 4.39. The average Bonchev–Trinajstić information content (AvgIpc) is 2.63. The fourth-order valence-corrected chi connectivity index (χ4v) is 2.03. The highest BCUT2D eigenvalue weighted by Gasteiger charge is 2.29. The molecule has 1 aliphatic rings. The number of allylic oxidation sites excluding steroid dienone is 1. The Labute approximate surface area is 85.1 Å². The minimum Gasteiger partial charge on any atom is -0.395 e. The van der Waals surface area contributed by atoms with E-state index < -0.39 is 0 Å². The third-order valence-corrected chi connectivity index (χ3v) is 3.01. The molecule has 2 atom stereocenters. The van der Waals surface area contributed by atoms with Crippen LogP contribution in [0.3, 0.4) is 0 Å². The first-order valence-corrected chi connectivity index (χ1v) is 5.09. The summed E-state index contributed by atoms with van der Waals surface area (Å²) in [6, 6.07) is 10.5. The highest BCUT2D eigenvalue weighted by molar-refractivity contribution is 5.28. The Balaban J connectivity index is 2.15. The van der Waals surface area contributed by atoms with E-state index in [1.165, 1.54) is 5.56 Å². The molecule has 0 radical (unpaired) electrons. The quantitative estimate of drug-likeness (QED) is 0.707. The Morgan fingerprint density at radius 1 is 1.36 bits per heavy atom. The first-order chi connectivity index (χ1) is 6.73. The van der Waals surface area contributed by atoms with E-state index in [0.717, 1.165) is 6.42 Å². The van der Waals surface area contributed by atoms with Gasteiger partial charge in [-0.25, -0.2) is 0 Å². The van der Waals surface area contributed by atoms with Gasteiger partial charge in [0.1, 0.15) is 0 Å². The van der Waals surface area contributed by atoms with Crippen molar-refractivity contribution in [3.05, 3.63) is 48.0 Å². The summed E-state index contributed by atoms with van der Waals surface area (Å²) in [5, 5.41) is 9.24. The van der Waals surface area contributed by atoms with E-state index in [9.17, 15) is 5.11 Å². The molecular weight excluding hydrogens is 172 g/mol. The molecule has 0 bridgehead atoms. The molecule has 0 aromatic heterocycles. The van der Waals surface area contributed by atoms with Gasteiger partial charge in [-0.2, -0.15) is 0 Å². The van der Waals surface area contributed by atoms with Crippen molar-refractivity contribution in [3.8, 4) is 0 Å². The molecule has 0 fully saturated rings. The van der Waals surface area contributed by atoms with Crippen molar-refractivity contribution in [3.63, 3.8) is 0 Å². The number of aliphatic hydroxyl groups excluding tert-OH is 1. The molecule has 0 spiro atoms. The van der Waals surface area contributed by atoms with Crippen LogP contribution in [-0.4, -0.2) is 11.7 Å². The Hall–Kier alpha value is -1.08. The molecule has 1 aromatic rings. The van der Waals surface area contributed by atoms with Crippen molar-refractivity contribution < 1.29 is 5.11 Å². The second kappa shape index (κ2) is 3.58. The van der Waals surface area contributed by atoms with E-state index in [1.807, 2.05) is 6.07 Å². The highest BCUT2D eigenvalue weighted by Crippen LogP contribution is 2.39. The number of hydrogen-bond donors (Lipinski definition) is 1. The second-order valence-electron chi connectivity index (χ2n) is 4.39. The number of rotatable bonds is 2. The van der Waals surface area contributed by atoms with E-state index >= 15 is 0 Å². The van der Waals surface area contributed by atoms with Gasteiger partial charge >= 0.3 is 0 Å². The third-order valence-electron chi connectivity index (χ3n) is 3.01. The van der Waals surface area contributed by atoms with Crippen LogP contribution in [0.1, 0.15) is 24.8 Å². The van der Waals surface area contributed by atoms with Gasteiger partial charge in [0.2, 0.25) is 0 Å². The number of aliphatic hydroxyl groups is 1. The molecular formula is C13H16O. The lowest BCUT2D eigenvalue weighted by atomic mass is 9.86. The molecule has 1 aliphatic carbocycles. The Bertz CT molecular complexity index is 328. The van der Waals surface area contributed by atoms with Gasteiger partial charge in [-0.1, -0.05) is 49.4 Å². The van der Waals surface area contributed by atoms with Crippen LogP contribution in [0.25, 0.3) is 0 Å². The first-order valence-electron chi connectivity index (χ1n) is 5.09. The molecule has 1 N–H and O–H groups in total. The van der Waals surface area contributed by atoms with Crippen LogP contribution in [0.4, 0.5) is 0 Å². The van der Waals surface area contributed by atoms with Crippen LogP contribution in [0, 0.1) is 5.41 Å². The molecule has 0 amide bonds. The van der Waals surface area contributed by atoms with Gasteiger partial charge in [0.15, 0.2) is 0 Å². The van der Waals surface area contributed by atoms with Gasteiger partial charge in [0, 0.05) is 11.3 Å². The predicted octanol–water partition coefficient (Wildman–Crippen LogP) is 2.73. The summed E-state index contributed by atoms with van der Waals surface area (Å²) in [7, 11) is 0. The summed E-state index contributed by atoms with van der Waals surface area (Å²) >= 11 is 0. The smallest absolute Gasteiger partial charge is 0.0519 e. The van der Waals surface area contributed by atoms with Crippen molar-refractivity contribution >= 4 is 0 Å². The van der Waals surface area contributed by atoms with E-state index in [1.54, 1.807) is 0 Å². The summed E-state index contributed by atoms with van der Waals surface area (Å²) in [5.41, 5.74) is 1.33. The van der Waals surface area contributed by atoms with Gasteiger partial charge in [0.25, 0.3) is 0 Å². The minimum absolute atomic E-state index is 0.0134. The SMILES string of the molecule is C[C@@]1(CO)C=C[C@H](c2ccccc2)C1. The van der Waals surface area contributed by atoms with Gasteiger partial charge in [-0.05, 0) is 12.0 Å². The van der Waals surface area contributed by atoms with Crippen molar-refractivity contribution in [1.82, 2.24) is 0 Å². The summed E-state index contributed by atoms with van der Waals surface area (Å²) in [6.45, 7) is 2.35. The lowest BCUT2D eigenvalue weighted by Gasteiger charge is -2.20. The summed E-state index contributed by atoms with van der Waals surface area (Å²) in [5.74, 6) is 0.480. The fraction of sp³-hybridized carbons (Fsp3) is 0.385. The van der Waals surface area contributed by atoms with Gasteiger partial charge < -0.3 is 5.11 Å². The molecule has 0 aliphatic heterocycles. The van der Waals surface area contributed by atoms with Crippen molar-refractivity contribution in [1.29, 1.82) is 0 Å². The maximum atomic E-state index is 9.24. The zero-order valence-electron chi connectivity index (χ0n) is 8.48. The number of hydrogen-bond acceptors (Lipinski definition) is 1. The molecule has 1 heteroatoms. The molecule has 0 saturated heterocycles. The molecule has 14 heavy (non-hydrogen) atoms. The van der Waals surface area contributed by atoms with E-state index in [2.05, 4.69) is 43.3 Å². The van der Waals surface area contributed by atoms with Gasteiger partial charge in [0.05, 0.1) is 6.61 Å². The van der Waals surface area contributed by atoms with Crippen molar-refractivity contribution in [2.75, 3.05) is 6.61 Å². The van der Waals surface area contributed by atoms with Gasteiger partial charge in [-0.3, -0.25) is 0 Å². The van der Waals surface area contributed by atoms with E-state index in [4.69, 9.17) is 0 Å². The zero-order chi connectivity index (χ0) is 10.0. The van der Waals surface area contributed by atoms with E-state index in [0.29, 0.717) is 5.92 Å². The monoisotopic (exact) mass is 188 g/mol. The molecule has 0 saturated carbocycles. The van der Waals surface area contributed by atoms with Crippen molar-refractivity contribution in [2.24, 2.45) is 5.41 Å². The van der Waals surface area contributed by atoms with Gasteiger partial charge in [-0.15, -0.1) is 0 Å². The molecule has 1 aromatic carbocycles. The highest BCUT2D eigenvalue weighted by atomic mass is 16.3. The first kappa shape index (κ1) is 9.47. The van der Waals surface area contributed by atoms with Crippen molar-refractivity contribution in [2.45, 2.75) is 19.3 Å². The molecule has 0 heterocycles. The van der Waals surface area contributed by atoms with Crippen LogP contribution >= 0.6 is 0 Å². The summed E-state index contributed by atoms with van der Waals surface area (Å²) in [6.07, 6.45) is 5.38. The summed E-state index contributed by atoms with van der Waals surface area (Å²) < 4.78 is 0. The predicted molar refractivity (Wildman–Crippen MR) is 58.1 cm³/mol. The largest absolute Gasteiger partial charge is 0.395 e. The summed E-state index contributed by atoms with van der Waals surface area (Å²) in [4.78, 5) is 0. The minimum atomic E-state index is -0.0134. The van der Waals surface area contributed by atoms with E-state index in [-0.39, 0.29) is 12.0 Å². The standard InChI is InChI=1S/C13H16O/c1-13(10-14)8-7-12(9-13)11-5-3-2-4-6-11/h2-8,12,14H,9-10H2,1H3/t12-,13+/m0/s1. The lowest BCUT2D eigenvalue weighted by molar-refractivity contribution is 0.180. The van der Waals surface area contributed by atoms with Crippen LogP contribution in [0.5, 0.6) is 0 Å². The van der Waals surface area contributed by atoms with Crippen LogP contribution in [-0.2, 0) is 0 Å². The normalized spacial score (nSPS) is 30.9. The molecule has 74 valence electrons. The Kier molecular flexibility index (Phi) is 2.42. The lowest BCUT2D eigenvalue weighted by Crippen LogP contribution is -2.16.